The van der Waals surface area contributed by atoms with E-state index < -0.39 is 0 Å². The normalized spacial score (nSPS) is 17.3. The average Bonchev–Trinajstić information content (AvgIpc) is 3.04. The van der Waals surface area contributed by atoms with Crippen LogP contribution in [0.4, 0.5) is 5.95 Å². The van der Waals surface area contributed by atoms with Crippen molar-refractivity contribution >= 4 is 5.95 Å². The van der Waals surface area contributed by atoms with Crippen LogP contribution >= 0.6 is 0 Å². The van der Waals surface area contributed by atoms with Gasteiger partial charge < -0.3 is 14.6 Å². The number of morpholine rings is 1. The van der Waals surface area contributed by atoms with E-state index in [9.17, 15) is 0 Å². The molecule has 0 aliphatic carbocycles. The van der Waals surface area contributed by atoms with Crippen LogP contribution in [0.2, 0.25) is 0 Å². The number of ether oxygens (including phenoxy) is 1. The summed E-state index contributed by atoms with van der Waals surface area (Å²) < 4.78 is 10.6. The zero-order chi connectivity index (χ0) is 15.2. The second kappa shape index (κ2) is 7.38. The zero-order valence-corrected chi connectivity index (χ0v) is 12.9. The van der Waals surface area contributed by atoms with Gasteiger partial charge in [-0.15, -0.1) is 0 Å². The van der Waals surface area contributed by atoms with Crippen molar-refractivity contribution in [3.05, 3.63) is 30.3 Å². The fourth-order valence-corrected chi connectivity index (χ4v) is 2.55. The third-order valence-electron chi connectivity index (χ3n) is 3.73. The van der Waals surface area contributed by atoms with Crippen molar-refractivity contribution in [3.8, 4) is 11.5 Å². The molecule has 0 spiro atoms. The first-order valence-electron chi connectivity index (χ1n) is 7.74. The van der Waals surface area contributed by atoms with Crippen LogP contribution in [0.15, 0.2) is 34.9 Å². The minimum absolute atomic E-state index is 0.511. The average molecular weight is 302 g/mol. The number of nitrogens with zero attached hydrogens (tertiary/aromatic N) is 3. The summed E-state index contributed by atoms with van der Waals surface area (Å²) in [6.45, 7) is 7.82. The van der Waals surface area contributed by atoms with Crippen LogP contribution < -0.4 is 5.32 Å². The van der Waals surface area contributed by atoms with Crippen molar-refractivity contribution in [3.63, 3.8) is 0 Å². The lowest BCUT2D eigenvalue weighted by atomic mass is 10.1. The van der Waals surface area contributed by atoms with Crippen molar-refractivity contribution in [1.29, 1.82) is 0 Å². The van der Waals surface area contributed by atoms with Crippen molar-refractivity contribution in [2.24, 2.45) is 5.92 Å². The summed E-state index contributed by atoms with van der Waals surface area (Å²) in [5, 5.41) is 7.23. The van der Waals surface area contributed by atoms with Crippen LogP contribution in [0.3, 0.4) is 0 Å². The molecule has 2 aromatic rings. The highest BCUT2D eigenvalue weighted by molar-refractivity contribution is 5.53. The molecule has 1 atom stereocenters. The largest absolute Gasteiger partial charge is 0.379 e. The first kappa shape index (κ1) is 15.0. The molecule has 0 saturated carbocycles. The number of aromatic nitrogens is 2. The Morgan fingerprint density at radius 3 is 2.77 bits per heavy atom. The second-order valence-corrected chi connectivity index (χ2v) is 5.69. The number of hydrogen-bond donors (Lipinski definition) is 1. The molecule has 0 radical (unpaired) electrons. The van der Waals surface area contributed by atoms with E-state index in [-0.39, 0.29) is 0 Å². The van der Waals surface area contributed by atoms with Gasteiger partial charge in [0.15, 0.2) is 0 Å². The fourth-order valence-electron chi connectivity index (χ4n) is 2.55. The van der Waals surface area contributed by atoms with Gasteiger partial charge >= 0.3 is 0 Å². The molecule has 6 nitrogen and oxygen atoms in total. The van der Waals surface area contributed by atoms with Gasteiger partial charge in [-0.1, -0.05) is 25.1 Å². The maximum atomic E-state index is 5.37. The van der Waals surface area contributed by atoms with Gasteiger partial charge in [-0.3, -0.25) is 4.90 Å². The summed E-state index contributed by atoms with van der Waals surface area (Å²) in [5.74, 6) is 1.60. The maximum absolute atomic E-state index is 5.37. The molecular weight excluding hydrogens is 280 g/mol. The van der Waals surface area contributed by atoms with E-state index in [4.69, 9.17) is 9.26 Å². The first-order chi connectivity index (χ1) is 10.8. The Kier molecular flexibility index (Phi) is 5.03. The van der Waals surface area contributed by atoms with Crippen LogP contribution in [0.5, 0.6) is 0 Å². The van der Waals surface area contributed by atoms with E-state index in [1.807, 2.05) is 30.3 Å². The van der Waals surface area contributed by atoms with E-state index in [2.05, 4.69) is 27.3 Å². The van der Waals surface area contributed by atoms with Gasteiger partial charge in [0.05, 0.1) is 13.2 Å². The molecule has 1 aliphatic heterocycles. The maximum Gasteiger partial charge on any atom is 0.263 e. The Balaban J connectivity index is 1.48. The molecule has 22 heavy (non-hydrogen) atoms. The van der Waals surface area contributed by atoms with Gasteiger partial charge in [0.25, 0.3) is 11.8 Å². The van der Waals surface area contributed by atoms with Crippen LogP contribution in [0.1, 0.15) is 6.92 Å². The summed E-state index contributed by atoms with van der Waals surface area (Å²) in [7, 11) is 0. The number of benzene rings is 1. The lowest BCUT2D eigenvalue weighted by Gasteiger charge is -2.29. The lowest BCUT2D eigenvalue weighted by Crippen LogP contribution is -2.40. The first-order valence-corrected chi connectivity index (χ1v) is 7.74. The topological polar surface area (TPSA) is 63.4 Å². The highest BCUT2D eigenvalue weighted by atomic mass is 16.5. The third-order valence-corrected chi connectivity index (χ3v) is 3.73. The van der Waals surface area contributed by atoms with Gasteiger partial charge in [0.1, 0.15) is 0 Å². The Morgan fingerprint density at radius 1 is 1.23 bits per heavy atom. The molecule has 1 aliphatic rings. The molecule has 1 aromatic heterocycles. The summed E-state index contributed by atoms with van der Waals surface area (Å²) in [4.78, 5) is 6.81. The minimum Gasteiger partial charge on any atom is -0.379 e. The molecule has 1 unspecified atom stereocenters. The molecule has 1 fully saturated rings. The molecule has 1 aromatic carbocycles. The number of rotatable bonds is 6. The molecule has 6 heteroatoms. The SMILES string of the molecule is CC(CNc1noc(-c2ccccc2)n1)CN1CCOCC1. The minimum atomic E-state index is 0.511. The van der Waals surface area contributed by atoms with E-state index in [0.29, 0.717) is 17.8 Å². The molecule has 0 amide bonds. The van der Waals surface area contributed by atoms with Crippen LogP contribution in [0, 0.1) is 5.92 Å². The molecule has 1 saturated heterocycles. The number of anilines is 1. The Labute approximate surface area is 130 Å². The second-order valence-electron chi connectivity index (χ2n) is 5.69. The standard InChI is InChI=1S/C16H22N4O2/c1-13(12-20-7-9-21-10-8-20)11-17-16-18-15(22-19-16)14-5-3-2-4-6-14/h2-6,13H,7-12H2,1H3,(H,17,19). The van der Waals surface area contributed by atoms with Crippen molar-refractivity contribution in [2.75, 3.05) is 44.7 Å². The molecule has 118 valence electrons. The molecule has 1 N–H and O–H groups in total. The van der Waals surface area contributed by atoms with E-state index >= 15 is 0 Å². The van der Waals surface area contributed by atoms with Gasteiger partial charge in [-0.2, -0.15) is 4.98 Å². The van der Waals surface area contributed by atoms with E-state index in [1.54, 1.807) is 0 Å². The summed E-state index contributed by atoms with van der Waals surface area (Å²) >= 11 is 0. The lowest BCUT2D eigenvalue weighted by molar-refractivity contribution is 0.0325. The Hall–Kier alpha value is -1.92. The van der Waals surface area contributed by atoms with Crippen molar-refractivity contribution in [2.45, 2.75) is 6.92 Å². The van der Waals surface area contributed by atoms with Gasteiger partial charge in [0, 0.05) is 31.7 Å². The van der Waals surface area contributed by atoms with Crippen LogP contribution in [-0.4, -0.2) is 54.4 Å². The monoisotopic (exact) mass is 302 g/mol. The molecular formula is C16H22N4O2. The molecule has 0 bridgehead atoms. The Morgan fingerprint density at radius 2 is 2.00 bits per heavy atom. The van der Waals surface area contributed by atoms with Crippen molar-refractivity contribution in [1.82, 2.24) is 15.0 Å². The van der Waals surface area contributed by atoms with Gasteiger partial charge in [0.2, 0.25) is 0 Å². The Bertz CT molecular complexity index is 567. The summed E-state index contributed by atoms with van der Waals surface area (Å²) in [6.07, 6.45) is 0. The van der Waals surface area contributed by atoms with Gasteiger partial charge in [-0.25, -0.2) is 0 Å². The van der Waals surface area contributed by atoms with E-state index in [1.165, 1.54) is 0 Å². The predicted octanol–water partition coefficient (Wildman–Crippen LogP) is 2.12. The van der Waals surface area contributed by atoms with Crippen LogP contribution in [0.25, 0.3) is 11.5 Å². The molecule has 2 heterocycles. The van der Waals surface area contributed by atoms with E-state index in [0.717, 1.165) is 45.0 Å². The summed E-state index contributed by atoms with van der Waals surface area (Å²) in [6, 6.07) is 9.79. The number of hydrogen-bond acceptors (Lipinski definition) is 6. The highest BCUT2D eigenvalue weighted by Crippen LogP contribution is 2.17. The van der Waals surface area contributed by atoms with Crippen LogP contribution in [-0.2, 0) is 4.74 Å². The molecule has 3 rings (SSSR count). The number of nitrogens with one attached hydrogen (secondary N) is 1. The van der Waals surface area contributed by atoms with Gasteiger partial charge in [-0.05, 0) is 23.2 Å². The quantitative estimate of drug-likeness (QED) is 0.882. The fraction of sp³-hybridized carbons (Fsp3) is 0.500. The predicted molar refractivity (Wildman–Crippen MR) is 84.6 cm³/mol. The smallest absolute Gasteiger partial charge is 0.263 e. The van der Waals surface area contributed by atoms with Crippen molar-refractivity contribution < 1.29 is 9.26 Å². The summed E-state index contributed by atoms with van der Waals surface area (Å²) in [5.41, 5.74) is 0.935. The zero-order valence-electron chi connectivity index (χ0n) is 12.9. The third kappa shape index (κ3) is 4.05. The highest BCUT2D eigenvalue weighted by Gasteiger charge is 2.14.